The third kappa shape index (κ3) is 6.46. The van der Waals surface area contributed by atoms with E-state index in [0.29, 0.717) is 6.54 Å². The number of hydroxylamine groups is 1. The molecule has 118 valence electrons. The Bertz CT molecular complexity index is 457. The molecule has 1 aromatic carbocycles. The molecular weight excluding hydrogens is 272 g/mol. The first-order valence-electron chi connectivity index (χ1n) is 6.80. The number of nitrogens with one attached hydrogen (secondary N) is 1. The van der Waals surface area contributed by atoms with Gasteiger partial charge in [0.05, 0.1) is 13.7 Å². The van der Waals surface area contributed by atoms with Crippen molar-refractivity contribution >= 4 is 6.09 Å². The summed E-state index contributed by atoms with van der Waals surface area (Å²) < 4.78 is 10.2. The number of amides is 1. The van der Waals surface area contributed by atoms with Gasteiger partial charge in [-0.05, 0) is 38.5 Å². The van der Waals surface area contributed by atoms with E-state index in [1.807, 2.05) is 24.3 Å². The van der Waals surface area contributed by atoms with Gasteiger partial charge >= 0.3 is 6.09 Å². The summed E-state index contributed by atoms with van der Waals surface area (Å²) in [6.45, 7) is 5.99. The highest BCUT2D eigenvalue weighted by molar-refractivity contribution is 5.66. The minimum absolute atomic E-state index is 0.0463. The van der Waals surface area contributed by atoms with E-state index in [1.54, 1.807) is 27.9 Å². The fourth-order valence-corrected chi connectivity index (χ4v) is 1.70. The van der Waals surface area contributed by atoms with E-state index in [4.69, 9.17) is 20.0 Å². The van der Waals surface area contributed by atoms with Crippen molar-refractivity contribution in [2.24, 2.45) is 5.73 Å². The Hall–Kier alpha value is -1.79. The molecule has 0 fully saturated rings. The molecule has 0 bridgehead atoms. The van der Waals surface area contributed by atoms with Crippen LogP contribution >= 0.6 is 0 Å². The SMILES string of the molecule is COc1cccc(C(CN)CONC(=O)OC(C)(C)C)c1. The van der Waals surface area contributed by atoms with E-state index in [1.165, 1.54) is 0 Å². The van der Waals surface area contributed by atoms with Crippen LogP contribution in [0.1, 0.15) is 32.3 Å². The maximum Gasteiger partial charge on any atom is 0.431 e. The fourth-order valence-electron chi connectivity index (χ4n) is 1.70. The standard InChI is InChI=1S/C15H24N2O4/c1-15(2,3)21-14(18)17-20-10-12(9-16)11-6-5-7-13(8-11)19-4/h5-8,12H,9-10,16H2,1-4H3,(H,17,18). The number of hydrogen-bond acceptors (Lipinski definition) is 5. The second-order valence-electron chi connectivity index (χ2n) is 5.62. The molecule has 0 aliphatic rings. The molecule has 1 aromatic rings. The molecule has 0 aliphatic carbocycles. The van der Waals surface area contributed by atoms with E-state index < -0.39 is 11.7 Å². The van der Waals surface area contributed by atoms with Gasteiger partial charge in [-0.1, -0.05) is 12.1 Å². The second-order valence-corrected chi connectivity index (χ2v) is 5.62. The molecule has 0 saturated heterocycles. The first kappa shape index (κ1) is 17.3. The Kier molecular flexibility index (Phi) is 6.45. The highest BCUT2D eigenvalue weighted by atomic mass is 16.7. The number of carbonyl (C=O) groups is 1. The van der Waals surface area contributed by atoms with Crippen LogP contribution in [0.15, 0.2) is 24.3 Å². The number of hydrogen-bond donors (Lipinski definition) is 2. The lowest BCUT2D eigenvalue weighted by molar-refractivity contribution is -0.0111. The van der Waals surface area contributed by atoms with Crippen molar-refractivity contribution in [1.29, 1.82) is 0 Å². The molecule has 0 aliphatic heterocycles. The van der Waals surface area contributed by atoms with Gasteiger partial charge in [-0.2, -0.15) is 5.48 Å². The summed E-state index contributed by atoms with van der Waals surface area (Å²) in [6.07, 6.45) is -0.621. The van der Waals surface area contributed by atoms with Crippen LogP contribution in [0.25, 0.3) is 0 Å². The van der Waals surface area contributed by atoms with Crippen LogP contribution in [0.5, 0.6) is 5.75 Å². The zero-order valence-electron chi connectivity index (χ0n) is 13.0. The van der Waals surface area contributed by atoms with Crippen molar-refractivity contribution in [2.45, 2.75) is 32.3 Å². The van der Waals surface area contributed by atoms with Crippen molar-refractivity contribution < 1.29 is 19.1 Å². The van der Waals surface area contributed by atoms with E-state index in [2.05, 4.69) is 5.48 Å². The number of methoxy groups -OCH3 is 1. The van der Waals surface area contributed by atoms with Crippen LogP contribution in [0, 0.1) is 0 Å². The molecule has 6 nitrogen and oxygen atoms in total. The Morgan fingerprint density at radius 1 is 1.38 bits per heavy atom. The summed E-state index contributed by atoms with van der Waals surface area (Å²) in [6, 6.07) is 7.58. The number of carbonyl (C=O) groups excluding carboxylic acids is 1. The third-order valence-corrected chi connectivity index (χ3v) is 2.69. The van der Waals surface area contributed by atoms with Gasteiger partial charge in [0.1, 0.15) is 11.4 Å². The number of nitrogens with two attached hydrogens (primary N) is 1. The normalized spacial score (nSPS) is 12.6. The Morgan fingerprint density at radius 2 is 2.10 bits per heavy atom. The third-order valence-electron chi connectivity index (χ3n) is 2.69. The molecule has 1 amide bonds. The van der Waals surface area contributed by atoms with Gasteiger partial charge in [-0.15, -0.1) is 0 Å². The first-order valence-corrected chi connectivity index (χ1v) is 6.80. The minimum Gasteiger partial charge on any atom is -0.497 e. The smallest absolute Gasteiger partial charge is 0.431 e. The molecule has 3 N–H and O–H groups in total. The Morgan fingerprint density at radius 3 is 2.67 bits per heavy atom. The fraction of sp³-hybridized carbons (Fsp3) is 0.533. The summed E-state index contributed by atoms with van der Waals surface area (Å²) in [5.41, 5.74) is 8.43. The zero-order valence-corrected chi connectivity index (χ0v) is 13.0. The quantitative estimate of drug-likeness (QED) is 0.786. The van der Waals surface area contributed by atoms with Gasteiger partial charge in [-0.3, -0.25) is 4.84 Å². The largest absolute Gasteiger partial charge is 0.497 e. The minimum atomic E-state index is -0.621. The van der Waals surface area contributed by atoms with Gasteiger partial charge in [0.25, 0.3) is 0 Å². The van der Waals surface area contributed by atoms with Crippen molar-refractivity contribution in [3.63, 3.8) is 0 Å². The van der Waals surface area contributed by atoms with Crippen LogP contribution in [0.3, 0.4) is 0 Å². The molecule has 1 rings (SSSR count). The lowest BCUT2D eigenvalue weighted by Gasteiger charge is -2.20. The summed E-state index contributed by atoms with van der Waals surface area (Å²) in [5, 5.41) is 0. The van der Waals surface area contributed by atoms with Crippen LogP contribution in [-0.4, -0.2) is 32.0 Å². The Labute approximate surface area is 125 Å². The summed E-state index contributed by atoms with van der Waals surface area (Å²) in [7, 11) is 1.61. The molecule has 6 heteroatoms. The number of rotatable bonds is 6. The van der Waals surface area contributed by atoms with E-state index in [9.17, 15) is 4.79 Å². The van der Waals surface area contributed by atoms with E-state index in [-0.39, 0.29) is 12.5 Å². The molecule has 0 saturated carbocycles. The van der Waals surface area contributed by atoms with Crippen LogP contribution in [-0.2, 0) is 9.57 Å². The molecule has 0 heterocycles. The zero-order chi connectivity index (χ0) is 15.9. The summed E-state index contributed by atoms with van der Waals surface area (Å²) in [4.78, 5) is 16.6. The molecule has 0 aromatic heterocycles. The van der Waals surface area contributed by atoms with Crippen LogP contribution in [0.4, 0.5) is 4.79 Å². The van der Waals surface area contributed by atoms with E-state index >= 15 is 0 Å². The molecular formula is C15H24N2O4. The molecule has 0 radical (unpaired) electrons. The number of ether oxygens (including phenoxy) is 2. The second kappa shape index (κ2) is 7.85. The first-order chi connectivity index (χ1) is 9.85. The summed E-state index contributed by atoms with van der Waals surface area (Å²) >= 11 is 0. The van der Waals surface area contributed by atoms with Crippen LogP contribution < -0.4 is 16.0 Å². The van der Waals surface area contributed by atoms with Gasteiger partial charge in [0.15, 0.2) is 0 Å². The predicted molar refractivity (Wildman–Crippen MR) is 80.1 cm³/mol. The van der Waals surface area contributed by atoms with E-state index in [0.717, 1.165) is 11.3 Å². The summed E-state index contributed by atoms with van der Waals surface area (Å²) in [5.74, 6) is 0.709. The van der Waals surface area contributed by atoms with Gasteiger partial charge in [0, 0.05) is 12.5 Å². The van der Waals surface area contributed by atoms with Crippen molar-refractivity contribution in [2.75, 3.05) is 20.3 Å². The molecule has 1 unspecified atom stereocenters. The molecule has 0 spiro atoms. The topological polar surface area (TPSA) is 82.8 Å². The van der Waals surface area contributed by atoms with Crippen molar-refractivity contribution in [3.05, 3.63) is 29.8 Å². The van der Waals surface area contributed by atoms with Crippen LogP contribution in [0.2, 0.25) is 0 Å². The maximum atomic E-state index is 11.5. The monoisotopic (exact) mass is 296 g/mol. The lowest BCUT2D eigenvalue weighted by Crippen LogP contribution is -2.34. The van der Waals surface area contributed by atoms with Gasteiger partial charge in [-0.25, -0.2) is 4.79 Å². The Balaban J connectivity index is 2.49. The lowest BCUT2D eigenvalue weighted by atomic mass is 10.0. The van der Waals surface area contributed by atoms with Crippen molar-refractivity contribution in [1.82, 2.24) is 5.48 Å². The average Bonchev–Trinajstić information content (AvgIpc) is 2.41. The molecule has 21 heavy (non-hydrogen) atoms. The highest BCUT2D eigenvalue weighted by Gasteiger charge is 2.17. The van der Waals surface area contributed by atoms with Crippen molar-refractivity contribution in [3.8, 4) is 5.75 Å². The van der Waals surface area contributed by atoms with Gasteiger partial charge < -0.3 is 15.2 Å². The highest BCUT2D eigenvalue weighted by Crippen LogP contribution is 2.20. The van der Waals surface area contributed by atoms with Gasteiger partial charge in [0.2, 0.25) is 0 Å². The predicted octanol–water partition coefficient (Wildman–Crippen LogP) is 2.19. The average molecular weight is 296 g/mol. The molecule has 1 atom stereocenters. The maximum absolute atomic E-state index is 11.5. The number of benzene rings is 1.